The van der Waals surface area contributed by atoms with E-state index in [1.165, 1.54) is 18.2 Å². The van der Waals surface area contributed by atoms with E-state index in [1.54, 1.807) is 18.5 Å². The van der Waals surface area contributed by atoms with E-state index in [-0.39, 0.29) is 17.0 Å². The van der Waals surface area contributed by atoms with Crippen LogP contribution in [0.4, 0.5) is 16.0 Å². The van der Waals surface area contributed by atoms with Gasteiger partial charge in [0.15, 0.2) is 0 Å². The maximum atomic E-state index is 13.2. The number of carbonyl (C=O) groups excluding carboxylic acids is 1. The number of halogens is 2. The first-order valence-corrected chi connectivity index (χ1v) is 8.44. The molecule has 1 atom stereocenters. The smallest absolute Gasteiger partial charge is 0.241 e. The van der Waals surface area contributed by atoms with Crippen molar-refractivity contribution < 1.29 is 9.18 Å². The number of benzene rings is 1. The second-order valence-corrected chi connectivity index (χ2v) is 6.27. The zero-order valence-electron chi connectivity index (χ0n) is 13.8. The molecule has 25 heavy (non-hydrogen) atoms. The molecule has 1 aliphatic heterocycles. The van der Waals surface area contributed by atoms with Crippen LogP contribution in [-0.2, 0) is 4.79 Å². The van der Waals surface area contributed by atoms with Crippen molar-refractivity contribution >= 4 is 29.1 Å². The number of hydrogen-bond donors (Lipinski definition) is 1. The van der Waals surface area contributed by atoms with Crippen molar-refractivity contribution in [3.63, 3.8) is 0 Å². The van der Waals surface area contributed by atoms with Crippen molar-refractivity contribution in [2.24, 2.45) is 0 Å². The molecule has 8 heteroatoms. The third-order valence-corrected chi connectivity index (χ3v) is 4.55. The fourth-order valence-electron chi connectivity index (χ4n) is 2.75. The van der Waals surface area contributed by atoms with Crippen molar-refractivity contribution in [2.75, 3.05) is 36.4 Å². The zero-order chi connectivity index (χ0) is 17.8. The standard InChI is InChI=1S/C17H19ClFN5O/c1-12(16(25)22-13-3-4-15(19)14(18)11-13)23-7-9-24(10-8-23)17-20-5-2-6-21-17/h2-6,11-12H,7-10H2,1H3,(H,22,25). The van der Waals surface area contributed by atoms with Gasteiger partial charge < -0.3 is 10.2 Å². The highest BCUT2D eigenvalue weighted by atomic mass is 35.5. The molecule has 1 amide bonds. The highest BCUT2D eigenvalue weighted by Crippen LogP contribution is 2.20. The van der Waals surface area contributed by atoms with E-state index in [0.29, 0.717) is 11.6 Å². The minimum atomic E-state index is -0.507. The Labute approximate surface area is 150 Å². The molecule has 1 aromatic carbocycles. The van der Waals surface area contributed by atoms with E-state index < -0.39 is 5.82 Å². The van der Waals surface area contributed by atoms with E-state index in [2.05, 4.69) is 25.1 Å². The average molecular weight is 364 g/mol. The van der Waals surface area contributed by atoms with Crippen LogP contribution in [0.3, 0.4) is 0 Å². The Balaban J connectivity index is 1.55. The SMILES string of the molecule is CC(C(=O)Nc1ccc(F)c(Cl)c1)N1CCN(c2ncccn2)CC1. The zero-order valence-corrected chi connectivity index (χ0v) is 14.6. The van der Waals surface area contributed by atoms with Crippen LogP contribution in [0.2, 0.25) is 5.02 Å². The van der Waals surface area contributed by atoms with E-state index in [4.69, 9.17) is 11.6 Å². The lowest BCUT2D eigenvalue weighted by Gasteiger charge is -2.37. The Hall–Kier alpha value is -2.25. The highest BCUT2D eigenvalue weighted by Gasteiger charge is 2.26. The molecule has 1 aromatic heterocycles. The molecular weight excluding hydrogens is 345 g/mol. The third-order valence-electron chi connectivity index (χ3n) is 4.26. The predicted octanol–water partition coefficient (Wildman–Crippen LogP) is 2.42. The first-order chi connectivity index (χ1) is 12.0. The fraction of sp³-hybridized carbons (Fsp3) is 0.353. The molecular formula is C17H19ClFN5O. The molecule has 0 saturated carbocycles. The van der Waals surface area contributed by atoms with Gasteiger partial charge in [-0.15, -0.1) is 0 Å². The minimum Gasteiger partial charge on any atom is -0.338 e. The van der Waals surface area contributed by atoms with Gasteiger partial charge in [0.05, 0.1) is 11.1 Å². The number of piperazine rings is 1. The molecule has 1 unspecified atom stereocenters. The van der Waals surface area contributed by atoms with E-state index >= 15 is 0 Å². The van der Waals surface area contributed by atoms with E-state index in [1.807, 2.05) is 6.92 Å². The molecule has 1 saturated heterocycles. The van der Waals surface area contributed by atoms with Crippen LogP contribution >= 0.6 is 11.6 Å². The number of carbonyl (C=O) groups is 1. The highest BCUT2D eigenvalue weighted by molar-refractivity contribution is 6.31. The molecule has 132 valence electrons. The predicted molar refractivity (Wildman–Crippen MR) is 95.3 cm³/mol. The lowest BCUT2D eigenvalue weighted by atomic mass is 10.2. The molecule has 2 heterocycles. The molecule has 3 rings (SSSR count). The number of rotatable bonds is 4. The van der Waals surface area contributed by atoms with Crippen molar-refractivity contribution in [2.45, 2.75) is 13.0 Å². The molecule has 2 aromatic rings. The molecule has 1 N–H and O–H groups in total. The van der Waals surface area contributed by atoms with Crippen LogP contribution in [0.5, 0.6) is 0 Å². The summed E-state index contributed by atoms with van der Waals surface area (Å²) < 4.78 is 13.2. The molecule has 0 spiro atoms. The molecule has 0 aliphatic carbocycles. The summed E-state index contributed by atoms with van der Waals surface area (Å²) in [6.07, 6.45) is 3.44. The van der Waals surface area contributed by atoms with Gasteiger partial charge in [-0.1, -0.05) is 11.6 Å². The quantitative estimate of drug-likeness (QED) is 0.904. The summed E-state index contributed by atoms with van der Waals surface area (Å²) in [5, 5.41) is 2.77. The van der Waals surface area contributed by atoms with Crippen molar-refractivity contribution in [1.82, 2.24) is 14.9 Å². The van der Waals surface area contributed by atoms with Crippen LogP contribution in [0.15, 0.2) is 36.7 Å². The van der Waals surface area contributed by atoms with Gasteiger partial charge >= 0.3 is 0 Å². The molecule has 0 radical (unpaired) electrons. The normalized spacial score (nSPS) is 16.5. The van der Waals surface area contributed by atoms with Crippen LogP contribution in [0, 0.1) is 5.82 Å². The van der Waals surface area contributed by atoms with Gasteiger partial charge in [-0.25, -0.2) is 14.4 Å². The van der Waals surface area contributed by atoms with E-state index in [9.17, 15) is 9.18 Å². The van der Waals surface area contributed by atoms with Gasteiger partial charge in [0.1, 0.15) is 5.82 Å². The molecule has 1 fully saturated rings. The largest absolute Gasteiger partial charge is 0.338 e. The lowest BCUT2D eigenvalue weighted by Crippen LogP contribution is -2.53. The lowest BCUT2D eigenvalue weighted by molar-refractivity contribution is -0.120. The summed E-state index contributed by atoms with van der Waals surface area (Å²) in [6, 6.07) is 5.63. The van der Waals surface area contributed by atoms with Gasteiger partial charge in [0.2, 0.25) is 11.9 Å². The second kappa shape index (κ2) is 7.76. The maximum absolute atomic E-state index is 13.2. The van der Waals surface area contributed by atoms with Gasteiger partial charge in [0, 0.05) is 44.3 Å². The van der Waals surface area contributed by atoms with Crippen molar-refractivity contribution in [3.05, 3.63) is 47.5 Å². The third kappa shape index (κ3) is 4.24. The van der Waals surface area contributed by atoms with Gasteiger partial charge in [-0.2, -0.15) is 0 Å². The minimum absolute atomic E-state index is 0.0121. The molecule has 1 aliphatic rings. The fourth-order valence-corrected chi connectivity index (χ4v) is 2.93. The number of anilines is 2. The average Bonchev–Trinajstić information content (AvgIpc) is 2.65. The van der Waals surface area contributed by atoms with Crippen LogP contribution in [-0.4, -0.2) is 53.0 Å². The number of nitrogens with zero attached hydrogens (tertiary/aromatic N) is 4. The summed E-state index contributed by atoms with van der Waals surface area (Å²) in [5.41, 5.74) is 0.486. The van der Waals surface area contributed by atoms with Gasteiger partial charge in [-0.3, -0.25) is 9.69 Å². The summed E-state index contributed by atoms with van der Waals surface area (Å²) in [4.78, 5) is 25.1. The second-order valence-electron chi connectivity index (χ2n) is 5.87. The first kappa shape index (κ1) is 17.6. The Morgan fingerprint density at radius 3 is 2.56 bits per heavy atom. The summed E-state index contributed by atoms with van der Waals surface area (Å²) in [5.74, 6) is 0.0549. The monoisotopic (exact) mass is 363 g/mol. The topological polar surface area (TPSA) is 61.4 Å². The number of aromatic nitrogens is 2. The van der Waals surface area contributed by atoms with Crippen LogP contribution < -0.4 is 10.2 Å². The summed E-state index contributed by atoms with van der Waals surface area (Å²) >= 11 is 5.75. The Morgan fingerprint density at radius 2 is 1.92 bits per heavy atom. The first-order valence-electron chi connectivity index (χ1n) is 8.06. The van der Waals surface area contributed by atoms with Crippen LogP contribution in [0.25, 0.3) is 0 Å². The van der Waals surface area contributed by atoms with Gasteiger partial charge in [0.25, 0.3) is 0 Å². The molecule has 6 nitrogen and oxygen atoms in total. The number of amides is 1. The summed E-state index contributed by atoms with van der Waals surface area (Å²) in [6.45, 7) is 4.83. The molecule has 0 bridgehead atoms. The summed E-state index contributed by atoms with van der Waals surface area (Å²) in [7, 11) is 0. The Kier molecular flexibility index (Phi) is 5.45. The van der Waals surface area contributed by atoms with E-state index in [0.717, 1.165) is 26.2 Å². The number of hydrogen-bond acceptors (Lipinski definition) is 5. The van der Waals surface area contributed by atoms with Crippen molar-refractivity contribution in [3.8, 4) is 0 Å². The number of nitrogens with one attached hydrogen (secondary N) is 1. The van der Waals surface area contributed by atoms with Crippen LogP contribution in [0.1, 0.15) is 6.92 Å². The Morgan fingerprint density at radius 1 is 1.24 bits per heavy atom. The Bertz CT molecular complexity index is 737. The van der Waals surface area contributed by atoms with Gasteiger partial charge in [-0.05, 0) is 31.2 Å². The van der Waals surface area contributed by atoms with Crippen molar-refractivity contribution in [1.29, 1.82) is 0 Å². The maximum Gasteiger partial charge on any atom is 0.241 e.